The van der Waals surface area contributed by atoms with E-state index in [-0.39, 0.29) is 5.75 Å². The summed E-state index contributed by atoms with van der Waals surface area (Å²) in [5, 5.41) is 11.4. The van der Waals surface area contributed by atoms with Crippen molar-refractivity contribution < 1.29 is 5.11 Å². The summed E-state index contributed by atoms with van der Waals surface area (Å²) >= 11 is 12.1. The van der Waals surface area contributed by atoms with Gasteiger partial charge in [-0.25, -0.2) is 4.98 Å². The summed E-state index contributed by atoms with van der Waals surface area (Å²) in [5.74, 6) is 0.868. The Morgan fingerprint density at radius 3 is 2.57 bits per heavy atom. The lowest BCUT2D eigenvalue weighted by Gasteiger charge is -2.09. The molecule has 0 bridgehead atoms. The zero-order chi connectivity index (χ0) is 15.0. The zero-order valence-electron chi connectivity index (χ0n) is 11.5. The number of halogens is 2. The highest BCUT2D eigenvalue weighted by Crippen LogP contribution is 2.34. The molecule has 21 heavy (non-hydrogen) atoms. The van der Waals surface area contributed by atoms with E-state index in [2.05, 4.69) is 16.5 Å². The number of aromatic nitrogens is 2. The van der Waals surface area contributed by atoms with Crippen molar-refractivity contribution >= 4 is 34.2 Å². The number of aryl methyl sites for hydroxylation is 1. The molecule has 108 valence electrons. The lowest BCUT2D eigenvalue weighted by atomic mass is 10.2. The number of hydrogen-bond acceptors (Lipinski definition) is 2. The molecule has 1 aromatic heterocycles. The Labute approximate surface area is 132 Å². The SMILES string of the molecule is CCCn1c(-c2cc(Cl)ccc2O)nc2ccc(Cl)cc21. The van der Waals surface area contributed by atoms with Gasteiger partial charge >= 0.3 is 0 Å². The van der Waals surface area contributed by atoms with Gasteiger partial charge in [0.2, 0.25) is 0 Å². The predicted octanol–water partition coefficient (Wildman–Crippen LogP) is 5.13. The average Bonchev–Trinajstić information content (AvgIpc) is 2.80. The maximum atomic E-state index is 10.1. The first-order valence-corrected chi connectivity index (χ1v) is 7.50. The standard InChI is InChI=1S/C16H14Cl2N2O/c1-2-7-20-14-9-11(18)3-5-13(14)19-16(20)12-8-10(17)4-6-15(12)21/h3-6,8-9,21H,2,7H2,1H3. The minimum absolute atomic E-state index is 0.165. The Balaban J connectivity index is 2.30. The summed E-state index contributed by atoms with van der Waals surface area (Å²) in [5.41, 5.74) is 2.43. The van der Waals surface area contributed by atoms with Gasteiger partial charge in [-0.15, -0.1) is 0 Å². The fourth-order valence-corrected chi connectivity index (χ4v) is 2.78. The number of phenolic OH excluding ortho intramolecular Hbond substituents is 1. The summed E-state index contributed by atoms with van der Waals surface area (Å²) < 4.78 is 2.06. The normalized spacial score (nSPS) is 11.2. The van der Waals surface area contributed by atoms with Crippen LogP contribution < -0.4 is 0 Å². The Hall–Kier alpha value is -1.71. The van der Waals surface area contributed by atoms with Crippen molar-refractivity contribution in [2.75, 3.05) is 0 Å². The Morgan fingerprint density at radius 2 is 1.81 bits per heavy atom. The highest BCUT2D eigenvalue weighted by atomic mass is 35.5. The lowest BCUT2D eigenvalue weighted by molar-refractivity contribution is 0.476. The van der Waals surface area contributed by atoms with Crippen LogP contribution >= 0.6 is 23.2 Å². The number of imidazole rings is 1. The number of nitrogens with zero attached hydrogens (tertiary/aromatic N) is 2. The van der Waals surface area contributed by atoms with Crippen LogP contribution in [0.25, 0.3) is 22.4 Å². The molecule has 5 heteroatoms. The Morgan fingerprint density at radius 1 is 1.10 bits per heavy atom. The van der Waals surface area contributed by atoms with Crippen LogP contribution in [0.3, 0.4) is 0 Å². The molecule has 1 heterocycles. The average molecular weight is 321 g/mol. The first-order chi connectivity index (χ1) is 10.1. The molecule has 0 saturated carbocycles. The second-order valence-electron chi connectivity index (χ2n) is 4.88. The highest BCUT2D eigenvalue weighted by molar-refractivity contribution is 6.31. The highest BCUT2D eigenvalue weighted by Gasteiger charge is 2.15. The van der Waals surface area contributed by atoms with Crippen LogP contribution in [-0.4, -0.2) is 14.7 Å². The number of rotatable bonds is 3. The van der Waals surface area contributed by atoms with Crippen LogP contribution in [0.5, 0.6) is 5.75 Å². The monoisotopic (exact) mass is 320 g/mol. The molecule has 1 N–H and O–H groups in total. The largest absolute Gasteiger partial charge is 0.507 e. The van der Waals surface area contributed by atoms with Gasteiger partial charge in [0.1, 0.15) is 11.6 Å². The maximum Gasteiger partial charge on any atom is 0.144 e. The molecular formula is C16H14Cl2N2O. The molecule has 0 fully saturated rings. The quantitative estimate of drug-likeness (QED) is 0.726. The molecule has 0 saturated heterocycles. The molecule has 0 aliphatic rings. The lowest BCUT2D eigenvalue weighted by Crippen LogP contribution is -2.00. The number of hydrogen-bond donors (Lipinski definition) is 1. The van der Waals surface area contributed by atoms with Crippen LogP contribution in [0.15, 0.2) is 36.4 Å². The second kappa shape index (κ2) is 5.58. The summed E-state index contributed by atoms with van der Waals surface area (Å²) in [7, 11) is 0. The van der Waals surface area contributed by atoms with E-state index < -0.39 is 0 Å². The minimum Gasteiger partial charge on any atom is -0.507 e. The van der Waals surface area contributed by atoms with E-state index in [1.807, 2.05) is 18.2 Å². The van der Waals surface area contributed by atoms with E-state index in [4.69, 9.17) is 23.2 Å². The molecule has 0 aliphatic carbocycles. The van der Waals surface area contributed by atoms with E-state index in [0.29, 0.717) is 21.4 Å². The summed E-state index contributed by atoms with van der Waals surface area (Å²) in [6.45, 7) is 2.89. The molecule has 0 spiro atoms. The molecule has 0 unspecified atom stereocenters. The summed E-state index contributed by atoms with van der Waals surface area (Å²) in [6.07, 6.45) is 0.951. The van der Waals surface area contributed by atoms with E-state index in [1.165, 1.54) is 0 Å². The summed E-state index contributed by atoms with van der Waals surface area (Å²) in [4.78, 5) is 4.63. The van der Waals surface area contributed by atoms with Gasteiger partial charge in [0.05, 0.1) is 16.6 Å². The molecule has 0 radical (unpaired) electrons. The number of benzene rings is 2. The van der Waals surface area contributed by atoms with E-state index in [9.17, 15) is 5.11 Å². The van der Waals surface area contributed by atoms with Crippen molar-refractivity contribution in [3.63, 3.8) is 0 Å². The molecule has 3 aromatic rings. The third-order valence-electron chi connectivity index (χ3n) is 3.36. The van der Waals surface area contributed by atoms with Crippen LogP contribution in [0, 0.1) is 0 Å². The predicted molar refractivity (Wildman–Crippen MR) is 87.1 cm³/mol. The van der Waals surface area contributed by atoms with Gasteiger partial charge in [-0.05, 0) is 42.8 Å². The molecule has 3 rings (SSSR count). The minimum atomic E-state index is 0.165. The van der Waals surface area contributed by atoms with Crippen molar-refractivity contribution in [1.82, 2.24) is 9.55 Å². The zero-order valence-corrected chi connectivity index (χ0v) is 13.0. The van der Waals surface area contributed by atoms with Crippen LogP contribution in [-0.2, 0) is 6.54 Å². The Kier molecular flexibility index (Phi) is 3.79. The number of fused-ring (bicyclic) bond motifs is 1. The summed E-state index contributed by atoms with van der Waals surface area (Å²) in [6, 6.07) is 10.6. The van der Waals surface area contributed by atoms with E-state index in [0.717, 1.165) is 24.0 Å². The fraction of sp³-hybridized carbons (Fsp3) is 0.188. The van der Waals surface area contributed by atoms with Gasteiger partial charge < -0.3 is 9.67 Å². The molecule has 0 aliphatic heterocycles. The van der Waals surface area contributed by atoms with Gasteiger partial charge in [0.15, 0.2) is 0 Å². The van der Waals surface area contributed by atoms with Crippen molar-refractivity contribution in [1.29, 1.82) is 0 Å². The molecule has 3 nitrogen and oxygen atoms in total. The molecule has 2 aromatic carbocycles. The Bertz CT molecular complexity index is 811. The van der Waals surface area contributed by atoms with Crippen LogP contribution in [0.1, 0.15) is 13.3 Å². The number of aromatic hydroxyl groups is 1. The van der Waals surface area contributed by atoms with Gasteiger partial charge in [-0.1, -0.05) is 30.1 Å². The van der Waals surface area contributed by atoms with Crippen LogP contribution in [0.2, 0.25) is 10.0 Å². The second-order valence-corrected chi connectivity index (χ2v) is 5.75. The van der Waals surface area contributed by atoms with Crippen molar-refractivity contribution in [2.45, 2.75) is 19.9 Å². The van der Waals surface area contributed by atoms with Crippen LogP contribution in [0.4, 0.5) is 0 Å². The van der Waals surface area contributed by atoms with Crippen molar-refractivity contribution in [2.24, 2.45) is 0 Å². The van der Waals surface area contributed by atoms with Crippen molar-refractivity contribution in [3.8, 4) is 17.1 Å². The first kappa shape index (κ1) is 14.2. The molecule has 0 amide bonds. The first-order valence-electron chi connectivity index (χ1n) is 6.75. The topological polar surface area (TPSA) is 38.0 Å². The van der Waals surface area contributed by atoms with E-state index >= 15 is 0 Å². The number of phenols is 1. The van der Waals surface area contributed by atoms with Gasteiger partial charge in [0, 0.05) is 16.6 Å². The molecular weight excluding hydrogens is 307 g/mol. The van der Waals surface area contributed by atoms with Gasteiger partial charge in [0.25, 0.3) is 0 Å². The van der Waals surface area contributed by atoms with Crippen molar-refractivity contribution in [3.05, 3.63) is 46.4 Å². The maximum absolute atomic E-state index is 10.1. The third kappa shape index (κ3) is 2.59. The molecule has 0 atom stereocenters. The third-order valence-corrected chi connectivity index (χ3v) is 3.83. The smallest absolute Gasteiger partial charge is 0.144 e. The fourth-order valence-electron chi connectivity index (χ4n) is 2.44. The van der Waals surface area contributed by atoms with Gasteiger partial charge in [-0.3, -0.25) is 0 Å². The van der Waals surface area contributed by atoms with Gasteiger partial charge in [-0.2, -0.15) is 0 Å². The van der Waals surface area contributed by atoms with E-state index in [1.54, 1.807) is 18.2 Å².